The number of hydrogen-bond donors (Lipinski definition) is 2. The van der Waals surface area contributed by atoms with Gasteiger partial charge < -0.3 is 19.9 Å². The van der Waals surface area contributed by atoms with Crippen molar-refractivity contribution in [3.63, 3.8) is 0 Å². The van der Waals surface area contributed by atoms with Crippen LogP contribution in [0.4, 0.5) is 0 Å². The molecule has 1 aromatic heterocycles. The number of amides is 2. The van der Waals surface area contributed by atoms with E-state index in [0.717, 1.165) is 23.7 Å². The Balaban J connectivity index is 1.52. The fourth-order valence-corrected chi connectivity index (χ4v) is 5.53. The molecule has 1 aliphatic heterocycles. The number of nitrogens with one attached hydrogen (secondary N) is 2. The smallest absolute Gasteiger partial charge is 0.271 e. The summed E-state index contributed by atoms with van der Waals surface area (Å²) in [6.45, 7) is 0.447. The summed E-state index contributed by atoms with van der Waals surface area (Å²) < 4.78 is 5.39. The van der Waals surface area contributed by atoms with E-state index in [1.165, 1.54) is 0 Å². The summed E-state index contributed by atoms with van der Waals surface area (Å²) in [7, 11) is 1.58. The maximum Gasteiger partial charge on any atom is 0.271 e. The molecule has 33 heavy (non-hydrogen) atoms. The highest BCUT2D eigenvalue weighted by atomic mass is 32.2. The van der Waals surface area contributed by atoms with Crippen LogP contribution in [0.15, 0.2) is 24.3 Å². The normalized spacial score (nSPS) is 23.5. The maximum absolute atomic E-state index is 13.4. The van der Waals surface area contributed by atoms with Gasteiger partial charge in [-0.1, -0.05) is 6.07 Å². The van der Waals surface area contributed by atoms with Crippen LogP contribution in [-0.2, 0) is 9.59 Å². The second kappa shape index (κ2) is 9.87. The number of methoxy groups -OCH3 is 1. The molecule has 2 aliphatic rings. The van der Waals surface area contributed by atoms with Gasteiger partial charge in [0.15, 0.2) is 0 Å². The Bertz CT molecular complexity index is 1110. The van der Waals surface area contributed by atoms with E-state index in [9.17, 15) is 19.6 Å². The van der Waals surface area contributed by atoms with Crippen LogP contribution in [-0.4, -0.2) is 64.7 Å². The number of ketones is 1. The van der Waals surface area contributed by atoms with E-state index in [-0.39, 0.29) is 28.8 Å². The summed E-state index contributed by atoms with van der Waals surface area (Å²) in [6, 6.07) is 8.01. The van der Waals surface area contributed by atoms with Gasteiger partial charge in [0.05, 0.1) is 13.2 Å². The minimum atomic E-state index is -0.743. The van der Waals surface area contributed by atoms with Crippen LogP contribution in [0, 0.1) is 17.2 Å². The lowest BCUT2D eigenvalue weighted by Gasteiger charge is -2.25. The van der Waals surface area contributed by atoms with E-state index in [2.05, 4.69) is 16.4 Å². The summed E-state index contributed by atoms with van der Waals surface area (Å²) in [5.74, 6) is 0.0595. The third-order valence-electron chi connectivity index (χ3n) is 6.66. The van der Waals surface area contributed by atoms with Gasteiger partial charge >= 0.3 is 0 Å². The fraction of sp³-hybridized carbons (Fsp3) is 0.500. The lowest BCUT2D eigenvalue weighted by atomic mass is 9.98. The molecule has 2 N–H and O–H groups in total. The number of aromatic amines is 1. The number of carbonyl (C=O) groups excluding carboxylic acids is 3. The average molecular weight is 469 g/mol. The number of nitrogens with zero attached hydrogens (tertiary/aromatic N) is 2. The lowest BCUT2D eigenvalue weighted by molar-refractivity contribution is -0.126. The zero-order chi connectivity index (χ0) is 23.5. The number of rotatable bonds is 7. The Kier molecular flexibility index (Phi) is 6.94. The first-order valence-electron chi connectivity index (χ1n) is 11.2. The van der Waals surface area contributed by atoms with Crippen molar-refractivity contribution in [1.29, 1.82) is 5.26 Å². The number of fused-ring (bicyclic) bond motifs is 1. The number of carbonyl (C=O) groups is 3. The Morgan fingerprint density at radius 3 is 2.91 bits per heavy atom. The number of likely N-dealkylation sites (tertiary alicyclic amines) is 1. The standard InChI is InChI=1S/C24H28N4O4S/c1-32-22-8-4-6-18-17(22)11-19(27-18)24(31)28-13-16(33-2)10-20(28)23(30)26-15(12-25)9-14-5-3-7-21(14)29/h4,6,8,11,14-16,20,27H,3,5,7,9-10,13H2,1-2H3,(H,26,30)/t14-,15-,16+,20-/m0/s1. The van der Waals surface area contributed by atoms with Crippen LogP contribution in [0.2, 0.25) is 0 Å². The number of aromatic nitrogens is 1. The highest BCUT2D eigenvalue weighted by Crippen LogP contribution is 2.31. The van der Waals surface area contributed by atoms with Crippen molar-refractivity contribution < 1.29 is 19.1 Å². The summed E-state index contributed by atoms with van der Waals surface area (Å²) >= 11 is 1.62. The fourth-order valence-electron chi connectivity index (χ4n) is 4.85. The lowest BCUT2D eigenvalue weighted by Crippen LogP contribution is -2.49. The van der Waals surface area contributed by atoms with Crippen molar-refractivity contribution in [3.8, 4) is 11.8 Å². The van der Waals surface area contributed by atoms with E-state index in [1.54, 1.807) is 29.8 Å². The van der Waals surface area contributed by atoms with Crippen molar-refractivity contribution in [3.05, 3.63) is 30.0 Å². The molecule has 4 atom stereocenters. The van der Waals surface area contributed by atoms with Crippen LogP contribution in [0.5, 0.6) is 5.75 Å². The van der Waals surface area contributed by atoms with E-state index in [0.29, 0.717) is 37.3 Å². The molecule has 2 aromatic rings. The number of benzene rings is 1. The van der Waals surface area contributed by atoms with Gasteiger partial charge in [-0.15, -0.1) is 0 Å². The molecule has 0 spiro atoms. The number of Topliss-reactive ketones (excluding diaryl/α,β-unsaturated/α-hetero) is 1. The van der Waals surface area contributed by atoms with Gasteiger partial charge in [-0.25, -0.2) is 0 Å². The predicted octanol–water partition coefficient (Wildman–Crippen LogP) is 2.89. The number of nitriles is 1. The second-order valence-electron chi connectivity index (χ2n) is 8.65. The molecule has 1 aromatic carbocycles. The van der Waals surface area contributed by atoms with E-state index >= 15 is 0 Å². The monoisotopic (exact) mass is 468 g/mol. The van der Waals surface area contributed by atoms with Crippen molar-refractivity contribution in [2.24, 2.45) is 5.92 Å². The van der Waals surface area contributed by atoms with Gasteiger partial charge in [0.2, 0.25) is 5.91 Å². The molecular formula is C24H28N4O4S. The van der Waals surface area contributed by atoms with Gasteiger partial charge in [-0.05, 0) is 50.1 Å². The molecule has 1 saturated carbocycles. The first-order chi connectivity index (χ1) is 15.9. The van der Waals surface area contributed by atoms with Crippen LogP contribution < -0.4 is 10.1 Å². The average Bonchev–Trinajstić information content (AvgIpc) is 3.55. The SMILES string of the molecule is COc1cccc2[nH]c(C(=O)N3C[C@H](SC)C[C@H]3C(=O)N[C@H](C#N)C[C@@H]3CCCC3=O)cc12. The van der Waals surface area contributed by atoms with Crippen molar-refractivity contribution >= 4 is 40.3 Å². The minimum Gasteiger partial charge on any atom is -0.496 e. The predicted molar refractivity (Wildman–Crippen MR) is 126 cm³/mol. The molecule has 0 radical (unpaired) electrons. The van der Waals surface area contributed by atoms with Gasteiger partial charge in [0.25, 0.3) is 5.91 Å². The first-order valence-corrected chi connectivity index (χ1v) is 12.5. The number of thioether (sulfide) groups is 1. The van der Waals surface area contributed by atoms with Crippen LogP contribution in [0.1, 0.15) is 42.6 Å². The molecule has 0 unspecified atom stereocenters. The molecule has 8 nitrogen and oxygen atoms in total. The quantitative estimate of drug-likeness (QED) is 0.646. The van der Waals surface area contributed by atoms with Gasteiger partial charge in [-0.2, -0.15) is 17.0 Å². The molecule has 0 bridgehead atoms. The Morgan fingerprint density at radius 1 is 1.42 bits per heavy atom. The van der Waals surface area contributed by atoms with Crippen molar-refractivity contribution in [2.45, 2.75) is 49.4 Å². The summed E-state index contributed by atoms with van der Waals surface area (Å²) in [5, 5.41) is 13.3. The summed E-state index contributed by atoms with van der Waals surface area (Å²) in [6.07, 6.45) is 4.96. The highest BCUT2D eigenvalue weighted by molar-refractivity contribution is 7.99. The molecular weight excluding hydrogens is 440 g/mol. The van der Waals surface area contributed by atoms with Gasteiger partial charge in [-0.3, -0.25) is 14.4 Å². The van der Waals surface area contributed by atoms with Crippen LogP contribution in [0.25, 0.3) is 10.9 Å². The molecule has 2 amide bonds. The minimum absolute atomic E-state index is 0.126. The topological polar surface area (TPSA) is 115 Å². The summed E-state index contributed by atoms with van der Waals surface area (Å²) in [5.41, 5.74) is 1.17. The van der Waals surface area contributed by atoms with Crippen molar-refractivity contribution in [2.75, 3.05) is 19.9 Å². The Hall–Kier alpha value is -2.99. The van der Waals surface area contributed by atoms with E-state index < -0.39 is 12.1 Å². The van der Waals surface area contributed by atoms with E-state index in [1.807, 2.05) is 24.5 Å². The van der Waals surface area contributed by atoms with Crippen LogP contribution >= 0.6 is 11.8 Å². The molecule has 174 valence electrons. The van der Waals surface area contributed by atoms with Crippen molar-refractivity contribution in [1.82, 2.24) is 15.2 Å². The zero-order valence-electron chi connectivity index (χ0n) is 18.8. The molecule has 2 fully saturated rings. The van der Waals surface area contributed by atoms with Gasteiger partial charge in [0, 0.05) is 35.0 Å². The molecule has 1 saturated heterocycles. The van der Waals surface area contributed by atoms with Gasteiger partial charge in [0.1, 0.15) is 29.3 Å². The number of ether oxygens (including phenoxy) is 1. The largest absolute Gasteiger partial charge is 0.496 e. The summed E-state index contributed by atoms with van der Waals surface area (Å²) in [4.78, 5) is 43.3. The second-order valence-corrected chi connectivity index (χ2v) is 9.79. The molecule has 9 heteroatoms. The Morgan fingerprint density at radius 2 is 2.24 bits per heavy atom. The number of H-pyrrole nitrogens is 1. The molecule has 4 rings (SSSR count). The first kappa shape index (κ1) is 23.2. The zero-order valence-corrected chi connectivity index (χ0v) is 19.6. The third-order valence-corrected chi connectivity index (χ3v) is 7.67. The van der Waals surface area contributed by atoms with Crippen LogP contribution in [0.3, 0.4) is 0 Å². The molecule has 2 heterocycles. The maximum atomic E-state index is 13.4. The third kappa shape index (κ3) is 4.71. The van der Waals surface area contributed by atoms with E-state index in [4.69, 9.17) is 4.74 Å². The number of hydrogen-bond acceptors (Lipinski definition) is 6. The Labute approximate surface area is 197 Å². The molecule has 1 aliphatic carbocycles. The highest BCUT2D eigenvalue weighted by Gasteiger charge is 2.41.